The second kappa shape index (κ2) is 13.9. The molecule has 0 N–H and O–H groups in total. The maximum atomic E-state index is 12.3. The van der Waals surface area contributed by atoms with Crippen molar-refractivity contribution < 1.29 is 9.59 Å². The SMILES string of the molecule is CCCCC/C=C/C/C=C/CCCCCCCCN1C(=O)c2ccccc2C1=O. The average molecular weight is 396 g/mol. The van der Waals surface area contributed by atoms with Crippen molar-refractivity contribution in [3.63, 3.8) is 0 Å². The summed E-state index contributed by atoms with van der Waals surface area (Å²) in [7, 11) is 0. The molecule has 0 fully saturated rings. The van der Waals surface area contributed by atoms with Gasteiger partial charge in [0.1, 0.15) is 0 Å². The van der Waals surface area contributed by atoms with Gasteiger partial charge < -0.3 is 0 Å². The minimum atomic E-state index is -0.131. The third kappa shape index (κ3) is 8.00. The number of unbranched alkanes of at least 4 members (excludes halogenated alkanes) is 9. The van der Waals surface area contributed by atoms with Crippen LogP contribution in [0.2, 0.25) is 0 Å². The fourth-order valence-corrected chi connectivity index (χ4v) is 3.70. The smallest absolute Gasteiger partial charge is 0.261 e. The monoisotopic (exact) mass is 395 g/mol. The minimum Gasteiger partial charge on any atom is -0.274 e. The topological polar surface area (TPSA) is 37.4 Å². The molecule has 0 unspecified atom stereocenters. The van der Waals surface area contributed by atoms with Gasteiger partial charge in [0, 0.05) is 6.54 Å². The van der Waals surface area contributed by atoms with Crippen LogP contribution in [0.5, 0.6) is 0 Å². The van der Waals surface area contributed by atoms with Gasteiger partial charge >= 0.3 is 0 Å². The fourth-order valence-electron chi connectivity index (χ4n) is 3.70. The molecule has 3 nitrogen and oxygen atoms in total. The second-order valence-corrected chi connectivity index (χ2v) is 7.89. The summed E-state index contributed by atoms with van der Waals surface area (Å²) in [5.41, 5.74) is 1.11. The lowest BCUT2D eigenvalue weighted by Gasteiger charge is -2.13. The lowest BCUT2D eigenvalue weighted by atomic mass is 10.1. The van der Waals surface area contributed by atoms with Crippen LogP contribution < -0.4 is 0 Å². The molecular formula is C26H37NO2. The van der Waals surface area contributed by atoms with Gasteiger partial charge in [0.15, 0.2) is 0 Å². The van der Waals surface area contributed by atoms with E-state index in [-0.39, 0.29) is 11.8 Å². The Kier molecular flexibility index (Phi) is 11.1. The standard InChI is InChI=1S/C26H37NO2/c1-2-3-4-5-6-7-8-9-10-11-12-13-14-15-16-19-22-27-25(28)23-20-17-18-21-24(23)26(27)29/h6-7,9-10,17-18,20-21H,2-5,8,11-16,19,22H2,1H3/b7-6+,10-9+. The number of nitrogens with zero attached hydrogens (tertiary/aromatic N) is 1. The number of carbonyl (C=O) groups is 2. The number of hydrogen-bond donors (Lipinski definition) is 0. The Morgan fingerprint density at radius 2 is 1.21 bits per heavy atom. The molecule has 3 heteroatoms. The van der Waals surface area contributed by atoms with Gasteiger partial charge in [0.25, 0.3) is 11.8 Å². The molecule has 29 heavy (non-hydrogen) atoms. The third-order valence-electron chi connectivity index (χ3n) is 5.46. The summed E-state index contributed by atoms with van der Waals surface area (Å²) >= 11 is 0. The molecule has 0 atom stereocenters. The van der Waals surface area contributed by atoms with Crippen molar-refractivity contribution in [2.45, 2.75) is 84.0 Å². The summed E-state index contributed by atoms with van der Waals surface area (Å²) < 4.78 is 0. The van der Waals surface area contributed by atoms with E-state index in [9.17, 15) is 9.59 Å². The Labute approximate surface area is 176 Å². The molecule has 0 saturated carbocycles. The first kappa shape index (κ1) is 23.1. The maximum Gasteiger partial charge on any atom is 0.261 e. The van der Waals surface area contributed by atoms with E-state index in [1.165, 1.54) is 62.7 Å². The Morgan fingerprint density at radius 1 is 0.690 bits per heavy atom. The van der Waals surface area contributed by atoms with Crippen molar-refractivity contribution >= 4 is 11.8 Å². The predicted molar refractivity (Wildman–Crippen MR) is 121 cm³/mol. The van der Waals surface area contributed by atoms with E-state index in [0.717, 1.165) is 19.3 Å². The zero-order valence-corrected chi connectivity index (χ0v) is 18.1. The number of allylic oxidation sites excluding steroid dienone is 4. The van der Waals surface area contributed by atoms with Crippen molar-refractivity contribution in [2.75, 3.05) is 6.54 Å². The first-order chi connectivity index (χ1) is 14.3. The van der Waals surface area contributed by atoms with E-state index in [4.69, 9.17) is 0 Å². The Hall–Kier alpha value is -2.16. The number of imide groups is 1. The van der Waals surface area contributed by atoms with Gasteiger partial charge in [-0.3, -0.25) is 14.5 Å². The second-order valence-electron chi connectivity index (χ2n) is 7.89. The van der Waals surface area contributed by atoms with Crippen LogP contribution in [-0.2, 0) is 0 Å². The first-order valence-electron chi connectivity index (χ1n) is 11.5. The largest absolute Gasteiger partial charge is 0.274 e. The highest BCUT2D eigenvalue weighted by Gasteiger charge is 2.34. The highest BCUT2D eigenvalue weighted by molar-refractivity contribution is 6.21. The molecule has 0 spiro atoms. The summed E-state index contributed by atoms with van der Waals surface area (Å²) in [6.07, 6.45) is 23.4. The zero-order valence-electron chi connectivity index (χ0n) is 18.1. The average Bonchev–Trinajstić information content (AvgIpc) is 2.98. The van der Waals surface area contributed by atoms with Gasteiger partial charge in [-0.2, -0.15) is 0 Å². The van der Waals surface area contributed by atoms with Crippen LogP contribution in [0.1, 0.15) is 105 Å². The molecule has 2 amide bonds. The lowest BCUT2D eigenvalue weighted by molar-refractivity contribution is 0.0651. The number of rotatable bonds is 15. The number of amides is 2. The van der Waals surface area contributed by atoms with Crippen molar-refractivity contribution in [2.24, 2.45) is 0 Å². The van der Waals surface area contributed by atoms with Crippen molar-refractivity contribution in [3.8, 4) is 0 Å². The van der Waals surface area contributed by atoms with Crippen LogP contribution >= 0.6 is 0 Å². The van der Waals surface area contributed by atoms with Gasteiger partial charge in [-0.1, -0.05) is 81.9 Å². The van der Waals surface area contributed by atoms with E-state index in [1.807, 2.05) is 12.1 Å². The first-order valence-corrected chi connectivity index (χ1v) is 11.5. The summed E-state index contributed by atoms with van der Waals surface area (Å²) in [6.45, 7) is 2.78. The van der Waals surface area contributed by atoms with Gasteiger partial charge in [-0.05, 0) is 50.7 Å². The summed E-state index contributed by atoms with van der Waals surface area (Å²) in [6, 6.07) is 7.12. The van der Waals surface area contributed by atoms with E-state index in [2.05, 4.69) is 31.2 Å². The van der Waals surface area contributed by atoms with E-state index in [1.54, 1.807) is 12.1 Å². The normalized spacial score (nSPS) is 13.9. The molecule has 158 valence electrons. The molecule has 1 aliphatic rings. The predicted octanol–water partition coefficient (Wildman–Crippen LogP) is 7.10. The molecule has 0 saturated heterocycles. The quantitative estimate of drug-likeness (QED) is 0.180. The summed E-state index contributed by atoms with van der Waals surface area (Å²) in [4.78, 5) is 26.0. The van der Waals surface area contributed by atoms with Gasteiger partial charge in [0.05, 0.1) is 11.1 Å². The summed E-state index contributed by atoms with van der Waals surface area (Å²) in [5.74, 6) is -0.263. The van der Waals surface area contributed by atoms with Crippen molar-refractivity contribution in [1.82, 2.24) is 4.90 Å². The Morgan fingerprint density at radius 3 is 1.79 bits per heavy atom. The van der Waals surface area contributed by atoms with Crippen LogP contribution in [0.25, 0.3) is 0 Å². The molecule has 0 aliphatic carbocycles. The zero-order chi connectivity index (χ0) is 20.7. The van der Waals surface area contributed by atoms with Crippen LogP contribution in [0.15, 0.2) is 48.6 Å². The number of fused-ring (bicyclic) bond motifs is 1. The van der Waals surface area contributed by atoms with E-state index < -0.39 is 0 Å². The van der Waals surface area contributed by atoms with Crippen molar-refractivity contribution in [3.05, 3.63) is 59.7 Å². The molecule has 0 bridgehead atoms. The molecule has 1 heterocycles. The lowest BCUT2D eigenvalue weighted by Crippen LogP contribution is -2.30. The molecule has 2 rings (SSSR count). The van der Waals surface area contributed by atoms with Gasteiger partial charge in [-0.25, -0.2) is 0 Å². The van der Waals surface area contributed by atoms with Gasteiger partial charge in [-0.15, -0.1) is 0 Å². The van der Waals surface area contributed by atoms with E-state index >= 15 is 0 Å². The number of carbonyl (C=O) groups excluding carboxylic acids is 2. The number of benzene rings is 1. The molecule has 1 aromatic rings. The molecular weight excluding hydrogens is 358 g/mol. The van der Waals surface area contributed by atoms with Crippen LogP contribution in [0.4, 0.5) is 0 Å². The van der Waals surface area contributed by atoms with Crippen molar-refractivity contribution in [1.29, 1.82) is 0 Å². The number of hydrogen-bond acceptors (Lipinski definition) is 2. The molecule has 0 aromatic heterocycles. The highest BCUT2D eigenvalue weighted by Crippen LogP contribution is 2.23. The molecule has 0 radical (unpaired) electrons. The molecule has 1 aromatic carbocycles. The maximum absolute atomic E-state index is 12.3. The van der Waals surface area contributed by atoms with Crippen LogP contribution in [-0.4, -0.2) is 23.3 Å². The highest BCUT2D eigenvalue weighted by atomic mass is 16.2. The Bertz CT molecular complexity index is 655. The molecule has 1 aliphatic heterocycles. The fraction of sp³-hybridized carbons (Fsp3) is 0.538. The van der Waals surface area contributed by atoms with Crippen LogP contribution in [0.3, 0.4) is 0 Å². The van der Waals surface area contributed by atoms with E-state index in [0.29, 0.717) is 17.7 Å². The minimum absolute atomic E-state index is 0.131. The third-order valence-corrected chi connectivity index (χ3v) is 5.46. The Balaban J connectivity index is 1.44. The van der Waals surface area contributed by atoms with Crippen LogP contribution in [0, 0.1) is 0 Å². The van der Waals surface area contributed by atoms with Gasteiger partial charge in [0.2, 0.25) is 0 Å². The summed E-state index contributed by atoms with van der Waals surface area (Å²) in [5, 5.41) is 0.